The summed E-state index contributed by atoms with van der Waals surface area (Å²) < 4.78 is 60.9. The van der Waals surface area contributed by atoms with Gasteiger partial charge in [0, 0.05) is 22.7 Å². The number of alkyl halides is 1. The molecule has 1 saturated heterocycles. The van der Waals surface area contributed by atoms with Gasteiger partial charge in [0.25, 0.3) is 0 Å². The number of carboxylic acid groups (broad SMARTS) is 1. The first-order valence-corrected chi connectivity index (χ1v) is 12.8. The number of ether oxygens (including phenoxy) is 1. The van der Waals surface area contributed by atoms with Crippen molar-refractivity contribution in [3.05, 3.63) is 70.1 Å². The number of aliphatic carboxylic acids is 1. The van der Waals surface area contributed by atoms with E-state index in [1.165, 1.54) is 13.3 Å². The predicted molar refractivity (Wildman–Crippen MR) is 140 cm³/mol. The maximum Gasteiger partial charge on any atom is 0.303 e. The maximum absolute atomic E-state index is 15.7. The third-order valence-electron chi connectivity index (χ3n) is 7.27. The fraction of sp³-hybridized carbons (Fsp3) is 0.379. The number of benzene rings is 2. The molecule has 1 N–H and O–H groups in total. The van der Waals surface area contributed by atoms with E-state index in [-0.39, 0.29) is 30.0 Å². The fourth-order valence-corrected chi connectivity index (χ4v) is 5.36. The van der Waals surface area contributed by atoms with Gasteiger partial charge in [0.15, 0.2) is 17.5 Å². The highest BCUT2D eigenvalue weighted by atomic mass is 35.5. The molecule has 39 heavy (non-hydrogen) atoms. The van der Waals surface area contributed by atoms with Crippen molar-refractivity contribution in [2.24, 2.45) is 5.41 Å². The van der Waals surface area contributed by atoms with Gasteiger partial charge in [-0.05, 0) is 74.5 Å². The molecule has 3 aromatic rings. The van der Waals surface area contributed by atoms with Crippen LogP contribution in [0, 0.1) is 34.7 Å². The minimum absolute atomic E-state index is 0.0255. The summed E-state index contributed by atoms with van der Waals surface area (Å²) in [6.45, 7) is 1.35. The summed E-state index contributed by atoms with van der Waals surface area (Å²) in [5, 5.41) is 10.3. The van der Waals surface area contributed by atoms with Gasteiger partial charge in [-0.25, -0.2) is 17.6 Å². The van der Waals surface area contributed by atoms with E-state index in [1.54, 1.807) is 18.2 Å². The van der Waals surface area contributed by atoms with Crippen LogP contribution >= 0.6 is 11.6 Å². The molecule has 4 rings (SSSR count). The molecule has 2 aromatic carbocycles. The summed E-state index contributed by atoms with van der Waals surface area (Å²) in [6, 6.07) is 6.82. The normalized spacial score (nSPS) is 15.9. The van der Waals surface area contributed by atoms with Crippen molar-refractivity contribution in [1.82, 2.24) is 9.88 Å². The van der Waals surface area contributed by atoms with Crippen LogP contribution in [0.25, 0.3) is 10.9 Å². The van der Waals surface area contributed by atoms with Crippen LogP contribution in [0.1, 0.15) is 49.4 Å². The Morgan fingerprint density at radius 3 is 2.54 bits per heavy atom. The minimum Gasteiger partial charge on any atom is -0.497 e. The predicted octanol–water partition coefficient (Wildman–Crippen LogP) is 6.71. The molecular weight excluding hydrogens is 536 g/mol. The Kier molecular flexibility index (Phi) is 8.98. The second kappa shape index (κ2) is 12.2. The number of piperidine rings is 1. The smallest absolute Gasteiger partial charge is 0.303 e. The Hall–Kier alpha value is -3.35. The number of pyridine rings is 1. The van der Waals surface area contributed by atoms with Crippen LogP contribution in [-0.4, -0.2) is 47.7 Å². The van der Waals surface area contributed by atoms with Gasteiger partial charge < -0.3 is 9.84 Å². The van der Waals surface area contributed by atoms with E-state index in [4.69, 9.17) is 16.3 Å². The lowest BCUT2D eigenvalue weighted by Gasteiger charge is -2.41. The first-order chi connectivity index (χ1) is 18.6. The van der Waals surface area contributed by atoms with Crippen molar-refractivity contribution in [2.75, 3.05) is 26.7 Å². The Balaban J connectivity index is 1.43. The lowest BCUT2D eigenvalue weighted by Crippen LogP contribution is -2.41. The largest absolute Gasteiger partial charge is 0.497 e. The Bertz CT molecular complexity index is 1410. The van der Waals surface area contributed by atoms with Gasteiger partial charge in [0.1, 0.15) is 11.9 Å². The minimum atomic E-state index is -1.54. The third kappa shape index (κ3) is 6.81. The van der Waals surface area contributed by atoms with Gasteiger partial charge in [0.05, 0.1) is 30.6 Å². The van der Waals surface area contributed by atoms with Gasteiger partial charge in [0.2, 0.25) is 0 Å². The molecule has 1 fully saturated rings. The Morgan fingerprint density at radius 2 is 1.90 bits per heavy atom. The van der Waals surface area contributed by atoms with Gasteiger partial charge in [-0.1, -0.05) is 23.4 Å². The van der Waals surface area contributed by atoms with Crippen molar-refractivity contribution in [3.8, 4) is 17.6 Å². The van der Waals surface area contributed by atoms with Crippen molar-refractivity contribution >= 4 is 28.5 Å². The molecule has 0 saturated carbocycles. The quantitative estimate of drug-likeness (QED) is 0.188. The summed E-state index contributed by atoms with van der Waals surface area (Å²) in [6.07, 6.45) is 1.37. The Labute approximate surface area is 228 Å². The number of fused-ring (bicyclic) bond motifs is 1. The summed E-state index contributed by atoms with van der Waals surface area (Å²) in [5.74, 6) is 0.915. The number of nitrogens with zero attached hydrogens (tertiary/aromatic N) is 2. The summed E-state index contributed by atoms with van der Waals surface area (Å²) in [4.78, 5) is 18.0. The van der Waals surface area contributed by atoms with Crippen LogP contribution in [0.4, 0.5) is 17.6 Å². The highest BCUT2D eigenvalue weighted by molar-refractivity contribution is 6.32. The molecule has 5 nitrogen and oxygen atoms in total. The van der Waals surface area contributed by atoms with Crippen molar-refractivity contribution < 1.29 is 32.2 Å². The first-order valence-electron chi connectivity index (χ1n) is 12.4. The van der Waals surface area contributed by atoms with Crippen LogP contribution in [-0.2, 0) is 4.79 Å². The molecule has 0 spiro atoms. The van der Waals surface area contributed by atoms with Gasteiger partial charge in [-0.15, -0.1) is 0 Å². The summed E-state index contributed by atoms with van der Waals surface area (Å²) in [7, 11) is 1.52. The molecule has 10 heteroatoms. The second-order valence-electron chi connectivity index (χ2n) is 9.81. The molecule has 0 radical (unpaired) electrons. The van der Waals surface area contributed by atoms with E-state index in [9.17, 15) is 23.1 Å². The average molecular weight is 563 g/mol. The number of hydrogen-bond donors (Lipinski definition) is 1. The number of carboxylic acids is 1. The molecule has 206 valence electrons. The zero-order valence-electron chi connectivity index (χ0n) is 21.2. The van der Waals surface area contributed by atoms with Crippen molar-refractivity contribution in [2.45, 2.75) is 38.3 Å². The second-order valence-corrected chi connectivity index (χ2v) is 10.2. The van der Waals surface area contributed by atoms with E-state index < -0.39 is 35.0 Å². The lowest BCUT2D eigenvalue weighted by molar-refractivity contribution is -0.141. The topological polar surface area (TPSA) is 62.7 Å². The highest BCUT2D eigenvalue weighted by Crippen LogP contribution is 2.44. The molecule has 1 aliphatic heterocycles. The third-order valence-corrected chi connectivity index (χ3v) is 7.57. The van der Waals surface area contributed by atoms with Crippen LogP contribution in [0.5, 0.6) is 5.75 Å². The molecule has 0 aliphatic carbocycles. The molecule has 0 amide bonds. The fourth-order valence-electron chi connectivity index (χ4n) is 5.09. The van der Waals surface area contributed by atoms with Crippen LogP contribution in [0.2, 0.25) is 5.02 Å². The lowest BCUT2D eigenvalue weighted by atomic mass is 9.71. The van der Waals surface area contributed by atoms with Gasteiger partial charge in [-0.2, -0.15) is 0 Å². The highest BCUT2D eigenvalue weighted by Gasteiger charge is 2.37. The molecule has 0 bridgehead atoms. The molecule has 1 aromatic heterocycles. The molecule has 1 aliphatic rings. The van der Waals surface area contributed by atoms with Crippen LogP contribution in [0.3, 0.4) is 0 Å². The van der Waals surface area contributed by atoms with Gasteiger partial charge in [-0.3, -0.25) is 14.7 Å². The van der Waals surface area contributed by atoms with E-state index in [0.29, 0.717) is 54.6 Å². The zero-order valence-corrected chi connectivity index (χ0v) is 22.0. The van der Waals surface area contributed by atoms with E-state index in [1.807, 2.05) is 4.90 Å². The number of carbonyl (C=O) groups is 1. The zero-order chi connectivity index (χ0) is 28.2. The molecule has 2 heterocycles. The first kappa shape index (κ1) is 28.7. The van der Waals surface area contributed by atoms with E-state index in [0.717, 1.165) is 12.1 Å². The number of hydrogen-bond acceptors (Lipinski definition) is 4. The number of aromatic nitrogens is 1. The SMILES string of the molecule is COc1ccc2ncc(Cl)c([C@@H](F)CCC3(CC(=O)O)CCN(CC#Cc4cc(F)c(F)c(F)c4)CC3)c2c1. The molecule has 0 unspecified atom stereocenters. The number of halogens is 5. The monoisotopic (exact) mass is 562 g/mol. The summed E-state index contributed by atoms with van der Waals surface area (Å²) >= 11 is 6.35. The van der Waals surface area contributed by atoms with Crippen LogP contribution in [0.15, 0.2) is 36.5 Å². The van der Waals surface area contributed by atoms with Crippen LogP contribution < -0.4 is 4.74 Å². The number of likely N-dealkylation sites (tertiary alicyclic amines) is 1. The van der Waals surface area contributed by atoms with E-state index >= 15 is 4.39 Å². The van der Waals surface area contributed by atoms with Crippen molar-refractivity contribution in [1.29, 1.82) is 0 Å². The van der Waals surface area contributed by atoms with E-state index in [2.05, 4.69) is 16.8 Å². The Morgan fingerprint density at radius 1 is 1.21 bits per heavy atom. The maximum atomic E-state index is 15.7. The molecule has 1 atom stereocenters. The van der Waals surface area contributed by atoms with Gasteiger partial charge >= 0.3 is 5.97 Å². The number of methoxy groups -OCH3 is 1. The van der Waals surface area contributed by atoms with Crippen molar-refractivity contribution in [3.63, 3.8) is 0 Å². The summed E-state index contributed by atoms with van der Waals surface area (Å²) in [5.41, 5.74) is 0.319. The number of rotatable bonds is 8. The standard InChI is InChI=1S/C29H27ClF4N2O3/c1-39-19-4-5-25-20(15-19)27(21(30)17-35-25)22(31)6-7-29(16-26(37)38)8-11-36(12-9-29)10-2-3-18-13-23(32)28(34)24(33)14-18/h4-5,13-15,17,22H,6-12,16H2,1H3,(H,37,38)/t22-/m0/s1. The molecular formula is C29H27ClF4N2O3. The average Bonchev–Trinajstić information content (AvgIpc) is 2.90.